The SMILES string of the molecule is Cc1ccc(C)c(S(=O)(=O)C(C)C(C)N)c1. The van der Waals surface area contributed by atoms with Crippen LogP contribution in [0.15, 0.2) is 23.1 Å². The fraction of sp³-hybridized carbons (Fsp3) is 0.500. The van der Waals surface area contributed by atoms with E-state index >= 15 is 0 Å². The molecule has 3 nitrogen and oxygen atoms in total. The topological polar surface area (TPSA) is 60.2 Å². The van der Waals surface area contributed by atoms with Crippen LogP contribution in [-0.2, 0) is 9.84 Å². The van der Waals surface area contributed by atoms with Gasteiger partial charge in [-0.3, -0.25) is 0 Å². The van der Waals surface area contributed by atoms with Crippen molar-refractivity contribution in [3.8, 4) is 0 Å². The molecule has 0 saturated heterocycles. The van der Waals surface area contributed by atoms with Crippen molar-refractivity contribution in [3.05, 3.63) is 29.3 Å². The molecule has 0 radical (unpaired) electrons. The summed E-state index contributed by atoms with van der Waals surface area (Å²) < 4.78 is 24.5. The van der Waals surface area contributed by atoms with Crippen LogP contribution < -0.4 is 5.73 Å². The quantitative estimate of drug-likeness (QED) is 0.878. The van der Waals surface area contributed by atoms with Crippen molar-refractivity contribution in [1.29, 1.82) is 0 Å². The molecule has 0 spiro atoms. The van der Waals surface area contributed by atoms with Crippen molar-refractivity contribution in [3.63, 3.8) is 0 Å². The van der Waals surface area contributed by atoms with Gasteiger partial charge in [-0.2, -0.15) is 0 Å². The number of benzene rings is 1. The van der Waals surface area contributed by atoms with Gasteiger partial charge in [0.05, 0.1) is 10.1 Å². The van der Waals surface area contributed by atoms with Crippen molar-refractivity contribution < 1.29 is 8.42 Å². The Hall–Kier alpha value is -0.870. The van der Waals surface area contributed by atoms with Gasteiger partial charge in [0.2, 0.25) is 0 Å². The predicted molar refractivity (Wildman–Crippen MR) is 66.2 cm³/mol. The first-order valence-corrected chi connectivity index (χ1v) is 6.88. The summed E-state index contributed by atoms with van der Waals surface area (Å²) in [6.45, 7) is 7.06. The third-order valence-corrected chi connectivity index (χ3v) is 5.34. The Morgan fingerprint density at radius 3 is 2.25 bits per heavy atom. The summed E-state index contributed by atoms with van der Waals surface area (Å²) in [5, 5.41) is -0.562. The van der Waals surface area contributed by atoms with Crippen LogP contribution in [0, 0.1) is 13.8 Å². The van der Waals surface area contributed by atoms with E-state index in [1.165, 1.54) is 0 Å². The van der Waals surface area contributed by atoms with Crippen LogP contribution in [0.2, 0.25) is 0 Å². The highest BCUT2D eigenvalue weighted by Crippen LogP contribution is 2.22. The molecule has 2 atom stereocenters. The Kier molecular flexibility index (Phi) is 3.76. The Morgan fingerprint density at radius 2 is 1.75 bits per heavy atom. The summed E-state index contributed by atoms with van der Waals surface area (Å²) in [5.74, 6) is 0. The highest BCUT2D eigenvalue weighted by Gasteiger charge is 2.27. The van der Waals surface area contributed by atoms with Crippen molar-refractivity contribution in [1.82, 2.24) is 0 Å². The van der Waals surface area contributed by atoms with Crippen LogP contribution in [0.5, 0.6) is 0 Å². The van der Waals surface area contributed by atoms with Gasteiger partial charge in [-0.25, -0.2) is 8.42 Å². The Labute approximate surface area is 97.6 Å². The van der Waals surface area contributed by atoms with Gasteiger partial charge in [0, 0.05) is 6.04 Å². The maximum absolute atomic E-state index is 12.3. The van der Waals surface area contributed by atoms with Gasteiger partial charge in [-0.05, 0) is 44.9 Å². The van der Waals surface area contributed by atoms with Gasteiger partial charge in [0.1, 0.15) is 0 Å². The molecule has 0 aliphatic rings. The van der Waals surface area contributed by atoms with Crippen LogP contribution in [-0.4, -0.2) is 19.7 Å². The summed E-state index contributed by atoms with van der Waals surface area (Å²) in [5.41, 5.74) is 7.39. The van der Waals surface area contributed by atoms with Gasteiger partial charge < -0.3 is 5.73 Å². The lowest BCUT2D eigenvalue weighted by molar-refractivity contribution is 0.567. The van der Waals surface area contributed by atoms with E-state index in [1.807, 2.05) is 19.1 Å². The average molecular weight is 241 g/mol. The summed E-state index contributed by atoms with van der Waals surface area (Å²) in [4.78, 5) is 0.400. The molecule has 0 aromatic heterocycles. The molecule has 0 saturated carbocycles. The standard InChI is InChI=1S/C12H19NO2S/c1-8-5-6-9(2)12(7-8)16(14,15)11(4)10(3)13/h5-7,10-11H,13H2,1-4H3. The van der Waals surface area contributed by atoms with Gasteiger partial charge in [-0.1, -0.05) is 12.1 Å². The lowest BCUT2D eigenvalue weighted by atomic mass is 10.2. The molecule has 0 amide bonds. The highest BCUT2D eigenvalue weighted by atomic mass is 32.2. The molecule has 1 aromatic carbocycles. The van der Waals surface area contributed by atoms with E-state index in [9.17, 15) is 8.42 Å². The Balaban J connectivity index is 3.32. The third-order valence-electron chi connectivity index (χ3n) is 2.88. The second-order valence-corrected chi connectivity index (χ2v) is 6.65. The molecule has 0 bridgehead atoms. The fourth-order valence-electron chi connectivity index (χ4n) is 1.50. The molecular weight excluding hydrogens is 222 g/mol. The second-order valence-electron chi connectivity index (χ2n) is 4.38. The average Bonchev–Trinajstić information content (AvgIpc) is 2.20. The van der Waals surface area contributed by atoms with Crippen LogP contribution in [0.1, 0.15) is 25.0 Å². The van der Waals surface area contributed by atoms with Crippen molar-refractivity contribution >= 4 is 9.84 Å². The maximum Gasteiger partial charge on any atom is 0.182 e. The van der Waals surface area contributed by atoms with Crippen LogP contribution in [0.3, 0.4) is 0 Å². The zero-order valence-electron chi connectivity index (χ0n) is 10.2. The van der Waals surface area contributed by atoms with E-state index in [0.29, 0.717) is 4.90 Å². The lowest BCUT2D eigenvalue weighted by Gasteiger charge is -2.18. The van der Waals surface area contributed by atoms with E-state index in [-0.39, 0.29) is 6.04 Å². The number of hydrogen-bond donors (Lipinski definition) is 1. The molecule has 1 rings (SSSR count). The van der Waals surface area contributed by atoms with E-state index in [2.05, 4.69) is 0 Å². The van der Waals surface area contributed by atoms with Gasteiger partial charge >= 0.3 is 0 Å². The first-order valence-electron chi connectivity index (χ1n) is 5.33. The number of sulfone groups is 1. The summed E-state index contributed by atoms with van der Waals surface area (Å²) in [7, 11) is -3.32. The van der Waals surface area contributed by atoms with Crippen LogP contribution in [0.4, 0.5) is 0 Å². The molecule has 2 N–H and O–H groups in total. The number of rotatable bonds is 3. The first-order chi connectivity index (χ1) is 7.26. The molecule has 0 aliphatic heterocycles. The third kappa shape index (κ3) is 2.44. The molecule has 0 aliphatic carbocycles. The van der Waals surface area contributed by atoms with Gasteiger partial charge in [0.15, 0.2) is 9.84 Å². The molecule has 4 heteroatoms. The molecular formula is C12H19NO2S. The van der Waals surface area contributed by atoms with Crippen molar-refractivity contribution in [2.75, 3.05) is 0 Å². The summed E-state index contributed by atoms with van der Waals surface area (Å²) in [6.07, 6.45) is 0. The lowest BCUT2D eigenvalue weighted by Crippen LogP contribution is -2.36. The minimum absolute atomic E-state index is 0.370. The smallest absolute Gasteiger partial charge is 0.182 e. The fourth-order valence-corrected chi connectivity index (χ4v) is 3.33. The van der Waals surface area contributed by atoms with E-state index in [4.69, 9.17) is 5.73 Å². The van der Waals surface area contributed by atoms with Gasteiger partial charge in [0.25, 0.3) is 0 Å². The molecule has 16 heavy (non-hydrogen) atoms. The van der Waals surface area contributed by atoms with Crippen LogP contribution >= 0.6 is 0 Å². The largest absolute Gasteiger partial charge is 0.327 e. The second kappa shape index (κ2) is 4.55. The van der Waals surface area contributed by atoms with Crippen molar-refractivity contribution in [2.45, 2.75) is 43.9 Å². The van der Waals surface area contributed by atoms with E-state index < -0.39 is 15.1 Å². The molecule has 90 valence electrons. The Morgan fingerprint density at radius 1 is 1.19 bits per heavy atom. The van der Waals surface area contributed by atoms with E-state index in [0.717, 1.165) is 11.1 Å². The van der Waals surface area contributed by atoms with Crippen molar-refractivity contribution in [2.24, 2.45) is 5.73 Å². The number of aryl methyl sites for hydroxylation is 2. The number of nitrogens with two attached hydrogens (primary N) is 1. The first kappa shape index (κ1) is 13.2. The zero-order chi connectivity index (χ0) is 12.5. The monoisotopic (exact) mass is 241 g/mol. The molecule has 1 aromatic rings. The minimum atomic E-state index is -3.32. The normalized spacial score (nSPS) is 15.8. The minimum Gasteiger partial charge on any atom is -0.327 e. The molecule has 0 heterocycles. The number of hydrogen-bond acceptors (Lipinski definition) is 3. The van der Waals surface area contributed by atoms with E-state index in [1.54, 1.807) is 26.8 Å². The van der Waals surface area contributed by atoms with Crippen LogP contribution in [0.25, 0.3) is 0 Å². The predicted octanol–water partition coefficient (Wildman–Crippen LogP) is 1.81. The molecule has 2 unspecified atom stereocenters. The Bertz CT molecular complexity index is 478. The summed E-state index contributed by atoms with van der Waals surface area (Å²) >= 11 is 0. The highest BCUT2D eigenvalue weighted by molar-refractivity contribution is 7.92. The zero-order valence-corrected chi connectivity index (χ0v) is 11.0. The molecule has 0 fully saturated rings. The summed E-state index contributed by atoms with van der Waals surface area (Å²) in [6, 6.07) is 5.08. The van der Waals surface area contributed by atoms with Gasteiger partial charge in [-0.15, -0.1) is 0 Å². The maximum atomic E-state index is 12.3.